The molecule has 4 rings (SSSR count). The Morgan fingerprint density at radius 2 is 1.68 bits per heavy atom. The van der Waals surface area contributed by atoms with Crippen molar-refractivity contribution >= 4 is 17.4 Å². The zero-order valence-electron chi connectivity index (χ0n) is 15.1. The second kappa shape index (κ2) is 7.73. The maximum atomic E-state index is 12.3. The van der Waals surface area contributed by atoms with Gasteiger partial charge in [-0.1, -0.05) is 25.7 Å². The number of pyridine rings is 1. The standard InChI is InChI=1S/C20H30N4O/c25-20(16-5-1-2-6-16)22-17-9-10-21-19(15-17)24-13-11-23(12-14-24)18-7-3-4-8-18/h9-10,15-16,18H,1-8,11-14H2,(H,21,22,25). The van der Waals surface area contributed by atoms with Crippen molar-refractivity contribution in [2.45, 2.75) is 57.4 Å². The van der Waals surface area contributed by atoms with Gasteiger partial charge >= 0.3 is 0 Å². The van der Waals surface area contributed by atoms with Crippen LogP contribution >= 0.6 is 0 Å². The van der Waals surface area contributed by atoms with Gasteiger partial charge in [0.15, 0.2) is 0 Å². The molecule has 0 unspecified atom stereocenters. The Morgan fingerprint density at radius 1 is 1.00 bits per heavy atom. The number of hydrogen-bond donors (Lipinski definition) is 1. The van der Waals surface area contributed by atoms with E-state index in [-0.39, 0.29) is 11.8 Å². The summed E-state index contributed by atoms with van der Waals surface area (Å²) in [6.07, 6.45) is 11.8. The van der Waals surface area contributed by atoms with Crippen LogP contribution in [0.1, 0.15) is 51.4 Å². The molecule has 5 heteroatoms. The molecule has 0 aromatic carbocycles. The van der Waals surface area contributed by atoms with Crippen LogP contribution in [0.25, 0.3) is 0 Å². The minimum Gasteiger partial charge on any atom is -0.354 e. The lowest BCUT2D eigenvalue weighted by molar-refractivity contribution is -0.119. The van der Waals surface area contributed by atoms with Crippen LogP contribution in [0.4, 0.5) is 11.5 Å². The molecular weight excluding hydrogens is 312 g/mol. The zero-order valence-corrected chi connectivity index (χ0v) is 15.1. The normalized spacial score (nSPS) is 23.3. The minimum atomic E-state index is 0.181. The van der Waals surface area contributed by atoms with E-state index in [4.69, 9.17) is 0 Å². The van der Waals surface area contributed by atoms with Gasteiger partial charge < -0.3 is 10.2 Å². The molecule has 2 heterocycles. The summed E-state index contributed by atoms with van der Waals surface area (Å²) >= 11 is 0. The smallest absolute Gasteiger partial charge is 0.227 e. The molecule has 1 saturated heterocycles. The van der Waals surface area contributed by atoms with Crippen LogP contribution in [0.2, 0.25) is 0 Å². The summed E-state index contributed by atoms with van der Waals surface area (Å²) in [5.74, 6) is 1.38. The molecule has 136 valence electrons. The quantitative estimate of drug-likeness (QED) is 0.912. The monoisotopic (exact) mass is 342 g/mol. The molecule has 1 N–H and O–H groups in total. The average molecular weight is 342 g/mol. The number of nitrogens with zero attached hydrogens (tertiary/aromatic N) is 3. The largest absolute Gasteiger partial charge is 0.354 e. The molecule has 25 heavy (non-hydrogen) atoms. The van der Waals surface area contributed by atoms with Crippen LogP contribution in [0.15, 0.2) is 18.3 Å². The number of carbonyl (C=O) groups is 1. The van der Waals surface area contributed by atoms with Gasteiger partial charge in [-0.3, -0.25) is 9.69 Å². The molecule has 1 amide bonds. The number of piperazine rings is 1. The van der Waals surface area contributed by atoms with Gasteiger partial charge in [0.1, 0.15) is 5.82 Å². The van der Waals surface area contributed by atoms with Crippen molar-refractivity contribution in [2.75, 3.05) is 36.4 Å². The fraction of sp³-hybridized carbons (Fsp3) is 0.700. The van der Waals surface area contributed by atoms with Crippen molar-refractivity contribution in [1.29, 1.82) is 0 Å². The molecule has 2 saturated carbocycles. The van der Waals surface area contributed by atoms with E-state index in [9.17, 15) is 4.79 Å². The highest BCUT2D eigenvalue weighted by molar-refractivity contribution is 5.93. The third-order valence-electron chi connectivity index (χ3n) is 6.22. The van der Waals surface area contributed by atoms with Crippen molar-refractivity contribution in [2.24, 2.45) is 5.92 Å². The first-order valence-corrected chi connectivity index (χ1v) is 10.1. The first-order chi connectivity index (χ1) is 12.3. The van der Waals surface area contributed by atoms with Gasteiger partial charge in [0.2, 0.25) is 5.91 Å². The average Bonchev–Trinajstić information content (AvgIpc) is 3.36. The first-order valence-electron chi connectivity index (χ1n) is 10.1. The van der Waals surface area contributed by atoms with Gasteiger partial charge in [0.25, 0.3) is 0 Å². The molecule has 0 atom stereocenters. The van der Waals surface area contributed by atoms with E-state index in [2.05, 4.69) is 20.1 Å². The second-order valence-electron chi connectivity index (χ2n) is 7.83. The number of carbonyl (C=O) groups excluding carboxylic acids is 1. The number of nitrogens with one attached hydrogen (secondary N) is 1. The Bertz CT molecular complexity index is 585. The number of amides is 1. The van der Waals surface area contributed by atoms with Crippen molar-refractivity contribution < 1.29 is 4.79 Å². The summed E-state index contributed by atoms with van der Waals surface area (Å²) in [6, 6.07) is 4.76. The van der Waals surface area contributed by atoms with E-state index < -0.39 is 0 Å². The highest BCUT2D eigenvalue weighted by Gasteiger charge is 2.27. The first kappa shape index (κ1) is 16.8. The minimum absolute atomic E-state index is 0.181. The Labute approximate surface area is 150 Å². The van der Waals surface area contributed by atoms with Crippen molar-refractivity contribution in [3.63, 3.8) is 0 Å². The second-order valence-corrected chi connectivity index (χ2v) is 7.83. The van der Waals surface area contributed by atoms with E-state index in [0.717, 1.165) is 56.6 Å². The fourth-order valence-electron chi connectivity index (χ4n) is 4.69. The van der Waals surface area contributed by atoms with E-state index in [1.54, 1.807) is 0 Å². The van der Waals surface area contributed by atoms with Crippen molar-refractivity contribution in [3.8, 4) is 0 Å². The van der Waals surface area contributed by atoms with E-state index >= 15 is 0 Å². The number of hydrogen-bond acceptors (Lipinski definition) is 4. The molecule has 3 aliphatic rings. The van der Waals surface area contributed by atoms with Gasteiger partial charge in [0, 0.05) is 56.1 Å². The maximum absolute atomic E-state index is 12.3. The summed E-state index contributed by atoms with van der Waals surface area (Å²) in [7, 11) is 0. The van der Waals surface area contributed by atoms with Gasteiger partial charge in [-0.2, -0.15) is 0 Å². The SMILES string of the molecule is O=C(Nc1ccnc(N2CCN(C3CCCC3)CC2)c1)C1CCCC1. The van der Waals surface area contributed by atoms with Gasteiger partial charge in [-0.05, 0) is 31.7 Å². The number of anilines is 2. The third-order valence-corrected chi connectivity index (χ3v) is 6.22. The summed E-state index contributed by atoms with van der Waals surface area (Å²) < 4.78 is 0. The maximum Gasteiger partial charge on any atom is 0.227 e. The topological polar surface area (TPSA) is 48.5 Å². The molecule has 0 spiro atoms. The summed E-state index contributed by atoms with van der Waals surface area (Å²) in [6.45, 7) is 4.32. The third kappa shape index (κ3) is 3.97. The van der Waals surface area contributed by atoms with Gasteiger partial charge in [-0.25, -0.2) is 4.98 Å². The zero-order chi connectivity index (χ0) is 17.1. The molecule has 0 radical (unpaired) electrons. The van der Waals surface area contributed by atoms with Crippen LogP contribution in [-0.2, 0) is 4.79 Å². The Hall–Kier alpha value is -1.62. The van der Waals surface area contributed by atoms with E-state index in [1.165, 1.54) is 38.5 Å². The van der Waals surface area contributed by atoms with Crippen molar-refractivity contribution in [3.05, 3.63) is 18.3 Å². The van der Waals surface area contributed by atoms with Gasteiger partial charge in [0.05, 0.1) is 0 Å². The molecule has 0 bridgehead atoms. The van der Waals surface area contributed by atoms with Crippen LogP contribution in [0, 0.1) is 5.92 Å². The Kier molecular flexibility index (Phi) is 5.20. The van der Waals surface area contributed by atoms with Crippen LogP contribution in [0.5, 0.6) is 0 Å². The molecule has 3 fully saturated rings. The predicted octanol–water partition coefficient (Wildman–Crippen LogP) is 3.27. The number of aromatic nitrogens is 1. The number of rotatable bonds is 4. The molecule has 5 nitrogen and oxygen atoms in total. The molecule has 1 aromatic rings. The van der Waals surface area contributed by atoms with Crippen molar-refractivity contribution in [1.82, 2.24) is 9.88 Å². The van der Waals surface area contributed by atoms with E-state index in [1.807, 2.05) is 18.3 Å². The molecule has 1 aromatic heterocycles. The summed E-state index contributed by atoms with van der Waals surface area (Å²) in [4.78, 5) is 21.9. The summed E-state index contributed by atoms with van der Waals surface area (Å²) in [5.41, 5.74) is 0.889. The summed E-state index contributed by atoms with van der Waals surface area (Å²) in [5, 5.41) is 3.10. The lowest BCUT2D eigenvalue weighted by Gasteiger charge is -2.38. The van der Waals surface area contributed by atoms with Crippen LogP contribution in [-0.4, -0.2) is 48.0 Å². The highest BCUT2D eigenvalue weighted by atomic mass is 16.1. The van der Waals surface area contributed by atoms with E-state index in [0.29, 0.717) is 0 Å². The molecule has 1 aliphatic heterocycles. The van der Waals surface area contributed by atoms with Crippen LogP contribution < -0.4 is 10.2 Å². The Balaban J connectivity index is 1.34. The molecular formula is C20H30N4O. The highest BCUT2D eigenvalue weighted by Crippen LogP contribution is 2.28. The fourth-order valence-corrected chi connectivity index (χ4v) is 4.69. The lowest BCUT2D eigenvalue weighted by atomic mass is 10.1. The Morgan fingerprint density at radius 3 is 2.40 bits per heavy atom. The van der Waals surface area contributed by atoms with Gasteiger partial charge in [-0.15, -0.1) is 0 Å². The molecule has 2 aliphatic carbocycles. The van der Waals surface area contributed by atoms with Crippen LogP contribution in [0.3, 0.4) is 0 Å². The predicted molar refractivity (Wildman–Crippen MR) is 101 cm³/mol. The lowest BCUT2D eigenvalue weighted by Crippen LogP contribution is -2.50.